The number of aryl methyl sites for hydroxylation is 1. The second-order valence-corrected chi connectivity index (χ2v) is 9.00. The number of benzene rings is 3. The molecule has 0 unspecified atom stereocenters. The normalized spacial score (nSPS) is 13.4. The van der Waals surface area contributed by atoms with Crippen LogP contribution in [0.4, 0.5) is 11.4 Å². The summed E-state index contributed by atoms with van der Waals surface area (Å²) >= 11 is 0. The molecule has 1 heterocycles. The molecule has 4 rings (SSSR count). The highest BCUT2D eigenvalue weighted by atomic mass is 32.2. The number of amidine groups is 1. The van der Waals surface area contributed by atoms with Crippen molar-refractivity contribution in [2.75, 3.05) is 16.2 Å². The Morgan fingerprint density at radius 1 is 0.968 bits per heavy atom. The fourth-order valence-electron chi connectivity index (χ4n) is 3.63. The lowest BCUT2D eigenvalue weighted by molar-refractivity contribution is 0.0985. The van der Waals surface area contributed by atoms with E-state index >= 15 is 0 Å². The molecule has 3 aromatic rings. The minimum absolute atomic E-state index is 0.0483. The molecule has 1 aliphatic heterocycles. The minimum Gasteiger partial charge on any atom is -0.384 e. The van der Waals surface area contributed by atoms with Crippen molar-refractivity contribution in [3.05, 3.63) is 89.5 Å². The van der Waals surface area contributed by atoms with Crippen molar-refractivity contribution in [2.45, 2.75) is 17.7 Å². The molecule has 1 amide bonds. The van der Waals surface area contributed by atoms with Crippen molar-refractivity contribution in [2.24, 2.45) is 5.73 Å². The Balaban J connectivity index is 1.58. The number of carbonyl (C=O) groups excluding carboxylic acids is 1. The fourth-order valence-corrected chi connectivity index (χ4v) is 4.70. The number of nitrogens with zero attached hydrogens (tertiary/aromatic N) is 1. The van der Waals surface area contributed by atoms with Crippen LogP contribution in [0.5, 0.6) is 0 Å². The molecular weight excluding hydrogens is 412 g/mol. The van der Waals surface area contributed by atoms with Gasteiger partial charge < -0.3 is 10.6 Å². The number of amides is 1. The lowest BCUT2D eigenvalue weighted by atomic mass is 10.00. The molecule has 158 valence electrons. The summed E-state index contributed by atoms with van der Waals surface area (Å²) < 4.78 is 27.8. The van der Waals surface area contributed by atoms with Gasteiger partial charge in [-0.3, -0.25) is 14.9 Å². The Labute approximate surface area is 181 Å². The van der Waals surface area contributed by atoms with E-state index in [1.54, 1.807) is 77.7 Å². The third-order valence-corrected chi connectivity index (χ3v) is 6.59. The van der Waals surface area contributed by atoms with Crippen LogP contribution in [0.2, 0.25) is 0 Å². The summed E-state index contributed by atoms with van der Waals surface area (Å²) in [6.07, 6.45) is 1.53. The highest BCUT2D eigenvalue weighted by Crippen LogP contribution is 2.31. The molecule has 0 atom stereocenters. The average Bonchev–Trinajstić information content (AvgIpc) is 2.78. The quantitative estimate of drug-likeness (QED) is 0.422. The van der Waals surface area contributed by atoms with Crippen LogP contribution in [-0.2, 0) is 16.4 Å². The van der Waals surface area contributed by atoms with Crippen LogP contribution in [0, 0.1) is 5.41 Å². The van der Waals surface area contributed by atoms with Crippen LogP contribution in [0.3, 0.4) is 0 Å². The zero-order valence-corrected chi connectivity index (χ0v) is 17.5. The number of hydrogen-bond acceptors (Lipinski definition) is 4. The van der Waals surface area contributed by atoms with E-state index in [1.165, 1.54) is 0 Å². The van der Waals surface area contributed by atoms with Crippen molar-refractivity contribution in [1.82, 2.24) is 0 Å². The molecule has 3 aromatic carbocycles. The molecule has 31 heavy (non-hydrogen) atoms. The molecule has 7 nitrogen and oxygen atoms in total. The second-order valence-electron chi connectivity index (χ2n) is 7.31. The molecule has 0 saturated carbocycles. The molecule has 8 heteroatoms. The van der Waals surface area contributed by atoms with Crippen molar-refractivity contribution in [1.29, 1.82) is 5.41 Å². The molecule has 0 radical (unpaired) electrons. The first-order chi connectivity index (χ1) is 14.8. The maximum atomic E-state index is 13.1. The van der Waals surface area contributed by atoms with E-state index in [2.05, 4.69) is 4.72 Å². The number of nitrogens with one attached hydrogen (secondary N) is 2. The molecular formula is C23H22N4O3S. The van der Waals surface area contributed by atoms with Crippen LogP contribution >= 0.6 is 0 Å². The van der Waals surface area contributed by atoms with Crippen LogP contribution in [0.15, 0.2) is 77.7 Å². The van der Waals surface area contributed by atoms with Gasteiger partial charge in [-0.05, 0) is 60.9 Å². The first kappa shape index (κ1) is 20.6. The maximum absolute atomic E-state index is 13.1. The largest absolute Gasteiger partial charge is 0.384 e. The number of anilines is 2. The standard InChI is InChI=1S/C23H22N4O3S/c24-22(25)16-8-10-17(11-9-16)23(28)27-14-4-5-18-15-19(12-13-21(18)27)26-31(29,30)20-6-2-1-3-7-20/h1-3,6-13,15,26H,4-5,14H2,(H3,24,25). The smallest absolute Gasteiger partial charge is 0.261 e. The summed E-state index contributed by atoms with van der Waals surface area (Å²) in [5.41, 5.74) is 8.69. The van der Waals surface area contributed by atoms with Gasteiger partial charge in [-0.2, -0.15) is 0 Å². The van der Waals surface area contributed by atoms with E-state index in [4.69, 9.17) is 11.1 Å². The Hall–Kier alpha value is -3.65. The van der Waals surface area contributed by atoms with E-state index in [1.807, 2.05) is 0 Å². The molecule has 4 N–H and O–H groups in total. The number of carbonyl (C=O) groups is 1. The Bertz CT molecular complexity index is 1240. The topological polar surface area (TPSA) is 116 Å². The van der Waals surface area contributed by atoms with Gasteiger partial charge in [0, 0.05) is 29.0 Å². The van der Waals surface area contributed by atoms with E-state index in [-0.39, 0.29) is 16.6 Å². The number of nitrogen functional groups attached to an aromatic ring is 1. The van der Waals surface area contributed by atoms with Gasteiger partial charge in [-0.25, -0.2) is 8.42 Å². The zero-order valence-electron chi connectivity index (χ0n) is 16.7. The zero-order chi connectivity index (χ0) is 22.0. The molecule has 0 bridgehead atoms. The molecule has 1 aliphatic rings. The lowest BCUT2D eigenvalue weighted by Crippen LogP contribution is -2.35. The van der Waals surface area contributed by atoms with Crippen molar-refractivity contribution in [3.63, 3.8) is 0 Å². The third kappa shape index (κ3) is 4.29. The van der Waals surface area contributed by atoms with E-state index in [0.29, 0.717) is 23.4 Å². The minimum atomic E-state index is -3.68. The first-order valence-corrected chi connectivity index (χ1v) is 11.3. The maximum Gasteiger partial charge on any atom is 0.261 e. The van der Waals surface area contributed by atoms with Gasteiger partial charge in [0.25, 0.3) is 15.9 Å². The first-order valence-electron chi connectivity index (χ1n) is 9.82. The highest BCUT2D eigenvalue weighted by Gasteiger charge is 2.24. The van der Waals surface area contributed by atoms with Crippen LogP contribution in [-0.4, -0.2) is 26.7 Å². The van der Waals surface area contributed by atoms with Gasteiger partial charge in [0.1, 0.15) is 5.84 Å². The number of rotatable bonds is 5. The summed E-state index contributed by atoms with van der Waals surface area (Å²) in [7, 11) is -3.68. The summed E-state index contributed by atoms with van der Waals surface area (Å²) in [6.45, 7) is 0.579. The van der Waals surface area contributed by atoms with Gasteiger partial charge in [0.05, 0.1) is 4.90 Å². The van der Waals surface area contributed by atoms with E-state index in [9.17, 15) is 13.2 Å². The number of fused-ring (bicyclic) bond motifs is 1. The molecule has 0 spiro atoms. The second kappa shape index (κ2) is 8.23. The summed E-state index contributed by atoms with van der Waals surface area (Å²) in [6, 6.07) is 20.1. The number of sulfonamides is 1. The highest BCUT2D eigenvalue weighted by molar-refractivity contribution is 7.92. The van der Waals surface area contributed by atoms with Gasteiger partial charge in [-0.1, -0.05) is 30.3 Å². The van der Waals surface area contributed by atoms with Crippen molar-refractivity contribution in [3.8, 4) is 0 Å². The molecule has 0 aromatic heterocycles. The monoisotopic (exact) mass is 434 g/mol. The summed E-state index contributed by atoms with van der Waals surface area (Å²) in [4.78, 5) is 15.0. The van der Waals surface area contributed by atoms with Crippen LogP contribution < -0.4 is 15.4 Å². The summed E-state index contributed by atoms with van der Waals surface area (Å²) in [5, 5.41) is 7.48. The van der Waals surface area contributed by atoms with Crippen molar-refractivity contribution >= 4 is 33.1 Å². The fraction of sp³-hybridized carbons (Fsp3) is 0.130. The van der Waals surface area contributed by atoms with Gasteiger partial charge in [0.2, 0.25) is 0 Å². The van der Waals surface area contributed by atoms with Gasteiger partial charge >= 0.3 is 0 Å². The molecule has 0 saturated heterocycles. The van der Waals surface area contributed by atoms with E-state index in [0.717, 1.165) is 24.1 Å². The third-order valence-electron chi connectivity index (χ3n) is 5.19. The van der Waals surface area contributed by atoms with Gasteiger partial charge in [0.15, 0.2) is 0 Å². The Morgan fingerprint density at radius 3 is 2.32 bits per heavy atom. The van der Waals surface area contributed by atoms with Crippen LogP contribution in [0.1, 0.15) is 27.9 Å². The van der Waals surface area contributed by atoms with Crippen LogP contribution in [0.25, 0.3) is 0 Å². The summed E-state index contributed by atoms with van der Waals surface area (Å²) in [5.74, 6) is -0.193. The van der Waals surface area contributed by atoms with Crippen molar-refractivity contribution < 1.29 is 13.2 Å². The molecule has 0 aliphatic carbocycles. The SMILES string of the molecule is N=C(N)c1ccc(C(=O)N2CCCc3cc(NS(=O)(=O)c4ccccc4)ccc32)cc1. The number of hydrogen-bond donors (Lipinski definition) is 3. The lowest BCUT2D eigenvalue weighted by Gasteiger charge is -2.30. The van der Waals surface area contributed by atoms with Gasteiger partial charge in [-0.15, -0.1) is 0 Å². The Kier molecular flexibility index (Phi) is 5.48. The average molecular weight is 435 g/mol. The predicted octanol–water partition coefficient (Wildman–Crippen LogP) is 3.36. The Morgan fingerprint density at radius 2 is 1.65 bits per heavy atom. The number of nitrogens with two attached hydrogens (primary N) is 1. The predicted molar refractivity (Wildman–Crippen MR) is 121 cm³/mol. The molecule has 0 fully saturated rings. The van der Waals surface area contributed by atoms with E-state index < -0.39 is 10.0 Å².